The normalized spacial score (nSPS) is 16.2. The highest BCUT2D eigenvalue weighted by atomic mass is 35.5. The van der Waals surface area contributed by atoms with Gasteiger partial charge in [0.25, 0.3) is 5.91 Å². The Kier molecular flexibility index (Phi) is 5.38. The van der Waals surface area contributed by atoms with Crippen LogP contribution in [0.1, 0.15) is 23.2 Å². The van der Waals surface area contributed by atoms with Crippen molar-refractivity contribution in [3.05, 3.63) is 52.4 Å². The third-order valence-corrected chi connectivity index (χ3v) is 6.53. The van der Waals surface area contributed by atoms with Crippen LogP contribution in [0.25, 0.3) is 0 Å². The lowest BCUT2D eigenvalue weighted by Gasteiger charge is -2.32. The van der Waals surface area contributed by atoms with Crippen molar-refractivity contribution in [1.82, 2.24) is 9.62 Å². The average Bonchev–Trinajstić information content (AvgIpc) is 3.08. The van der Waals surface area contributed by atoms with Crippen LogP contribution >= 0.6 is 23.2 Å². The van der Waals surface area contributed by atoms with Crippen LogP contribution in [-0.4, -0.2) is 38.4 Å². The highest BCUT2D eigenvalue weighted by molar-refractivity contribution is 7.89. The maximum atomic E-state index is 12.6. The number of hydrogen-bond donors (Lipinski definition) is 1. The first-order valence-electron chi connectivity index (χ1n) is 7.66. The summed E-state index contributed by atoms with van der Waals surface area (Å²) in [6, 6.07) is 5.87. The maximum absolute atomic E-state index is 12.6. The van der Waals surface area contributed by atoms with Gasteiger partial charge < -0.3 is 9.32 Å². The Morgan fingerprint density at radius 3 is 2.36 bits per heavy atom. The van der Waals surface area contributed by atoms with E-state index in [0.717, 1.165) is 0 Å². The van der Waals surface area contributed by atoms with Gasteiger partial charge in [0.2, 0.25) is 10.0 Å². The van der Waals surface area contributed by atoms with E-state index < -0.39 is 10.0 Å². The summed E-state index contributed by atoms with van der Waals surface area (Å²) in [4.78, 5) is 13.8. The van der Waals surface area contributed by atoms with Gasteiger partial charge in [-0.25, -0.2) is 13.1 Å². The van der Waals surface area contributed by atoms with E-state index in [-0.39, 0.29) is 26.9 Å². The molecule has 25 heavy (non-hydrogen) atoms. The molecule has 0 atom stereocenters. The summed E-state index contributed by atoms with van der Waals surface area (Å²) in [5.74, 6) is -0.121. The van der Waals surface area contributed by atoms with Crippen molar-refractivity contribution in [3.63, 3.8) is 0 Å². The maximum Gasteiger partial charge on any atom is 0.257 e. The zero-order valence-corrected chi connectivity index (χ0v) is 15.4. The standard InChI is InChI=1S/C16H16Cl2N2O4S/c17-13-2-1-3-14(18)15(13)25(22,23)19-12-4-7-20(8-5-12)16(21)11-6-9-24-10-11/h1-3,6,9-10,12,19H,4-5,7-8H2. The zero-order chi connectivity index (χ0) is 18.0. The van der Waals surface area contributed by atoms with Crippen molar-refractivity contribution >= 4 is 39.1 Å². The smallest absolute Gasteiger partial charge is 0.257 e. The second kappa shape index (κ2) is 7.37. The second-order valence-corrected chi connectivity index (χ2v) is 8.22. The van der Waals surface area contributed by atoms with E-state index in [1.165, 1.54) is 24.7 Å². The molecule has 2 aromatic rings. The Bertz CT molecular complexity index is 840. The first-order valence-corrected chi connectivity index (χ1v) is 9.90. The van der Waals surface area contributed by atoms with Crippen molar-refractivity contribution < 1.29 is 17.6 Å². The fraction of sp³-hybridized carbons (Fsp3) is 0.312. The van der Waals surface area contributed by atoms with Crippen molar-refractivity contribution in [3.8, 4) is 0 Å². The summed E-state index contributed by atoms with van der Waals surface area (Å²) in [6.07, 6.45) is 3.85. The molecule has 1 N–H and O–H groups in total. The Hall–Kier alpha value is -1.54. The molecule has 2 heterocycles. The van der Waals surface area contributed by atoms with Crippen LogP contribution in [0.2, 0.25) is 10.0 Å². The number of furan rings is 1. The molecular formula is C16H16Cl2N2O4S. The number of piperidine rings is 1. The topological polar surface area (TPSA) is 79.6 Å². The minimum absolute atomic E-state index is 0.0765. The molecule has 0 unspecified atom stereocenters. The van der Waals surface area contributed by atoms with Gasteiger partial charge in [-0.2, -0.15) is 0 Å². The lowest BCUT2D eigenvalue weighted by atomic mass is 10.1. The summed E-state index contributed by atoms with van der Waals surface area (Å²) >= 11 is 12.0. The highest BCUT2D eigenvalue weighted by Gasteiger charge is 2.29. The summed E-state index contributed by atoms with van der Waals surface area (Å²) in [5.41, 5.74) is 0.488. The first kappa shape index (κ1) is 18.3. The number of likely N-dealkylation sites (tertiary alicyclic amines) is 1. The second-order valence-electron chi connectivity index (χ2n) is 5.75. The Balaban J connectivity index is 1.65. The van der Waals surface area contributed by atoms with E-state index in [0.29, 0.717) is 31.5 Å². The molecule has 1 aliphatic heterocycles. The molecule has 1 aliphatic rings. The summed E-state index contributed by atoms with van der Waals surface area (Å²) < 4.78 is 32.7. The van der Waals surface area contributed by atoms with Crippen molar-refractivity contribution in [2.75, 3.05) is 13.1 Å². The minimum atomic E-state index is -3.83. The number of carbonyl (C=O) groups is 1. The molecule has 1 fully saturated rings. The molecule has 6 nitrogen and oxygen atoms in total. The Labute approximate surface area is 155 Å². The highest BCUT2D eigenvalue weighted by Crippen LogP contribution is 2.29. The number of halogens is 2. The van der Waals surface area contributed by atoms with Crippen molar-refractivity contribution in [2.24, 2.45) is 0 Å². The number of benzene rings is 1. The van der Waals surface area contributed by atoms with Gasteiger partial charge in [0.1, 0.15) is 11.2 Å². The van der Waals surface area contributed by atoms with Crippen LogP contribution in [0.4, 0.5) is 0 Å². The van der Waals surface area contributed by atoms with Gasteiger partial charge in [-0.05, 0) is 31.0 Å². The van der Waals surface area contributed by atoms with Gasteiger partial charge in [0, 0.05) is 19.1 Å². The number of carbonyl (C=O) groups excluding carboxylic acids is 1. The molecule has 1 aromatic carbocycles. The number of sulfonamides is 1. The van der Waals surface area contributed by atoms with E-state index in [1.54, 1.807) is 17.0 Å². The number of rotatable bonds is 4. The van der Waals surface area contributed by atoms with Crippen LogP contribution in [-0.2, 0) is 10.0 Å². The zero-order valence-electron chi connectivity index (χ0n) is 13.1. The van der Waals surface area contributed by atoms with Crippen LogP contribution in [0.15, 0.2) is 46.1 Å². The van der Waals surface area contributed by atoms with E-state index >= 15 is 0 Å². The molecule has 1 saturated heterocycles. The molecule has 3 rings (SSSR count). The van der Waals surface area contributed by atoms with Gasteiger partial charge in [0.05, 0.1) is 21.9 Å². The summed E-state index contributed by atoms with van der Waals surface area (Å²) in [7, 11) is -3.83. The van der Waals surface area contributed by atoms with E-state index in [2.05, 4.69) is 4.72 Å². The number of nitrogens with zero attached hydrogens (tertiary/aromatic N) is 1. The molecule has 0 saturated carbocycles. The van der Waals surface area contributed by atoms with Crippen LogP contribution in [0, 0.1) is 0 Å². The van der Waals surface area contributed by atoms with Crippen LogP contribution in [0.3, 0.4) is 0 Å². The molecule has 0 bridgehead atoms. The van der Waals surface area contributed by atoms with Crippen LogP contribution < -0.4 is 4.72 Å². The predicted molar refractivity (Wildman–Crippen MR) is 94.4 cm³/mol. The molecular weight excluding hydrogens is 387 g/mol. The lowest BCUT2D eigenvalue weighted by Crippen LogP contribution is -2.46. The molecule has 1 amide bonds. The fourth-order valence-electron chi connectivity index (χ4n) is 2.79. The molecule has 134 valence electrons. The number of amides is 1. The third-order valence-electron chi connectivity index (χ3n) is 4.06. The SMILES string of the molecule is O=C(c1ccoc1)N1CCC(NS(=O)(=O)c2c(Cl)cccc2Cl)CC1. The third kappa shape index (κ3) is 4.00. The molecule has 1 aromatic heterocycles. The minimum Gasteiger partial charge on any atom is -0.472 e. The lowest BCUT2D eigenvalue weighted by molar-refractivity contribution is 0.0710. The summed E-state index contributed by atoms with van der Waals surface area (Å²) in [6.45, 7) is 0.904. The molecule has 0 spiro atoms. The van der Waals surface area contributed by atoms with E-state index in [4.69, 9.17) is 27.6 Å². The van der Waals surface area contributed by atoms with E-state index in [9.17, 15) is 13.2 Å². The van der Waals surface area contributed by atoms with Crippen molar-refractivity contribution in [2.45, 2.75) is 23.8 Å². The van der Waals surface area contributed by atoms with Gasteiger partial charge >= 0.3 is 0 Å². The number of hydrogen-bond acceptors (Lipinski definition) is 4. The van der Waals surface area contributed by atoms with Crippen molar-refractivity contribution in [1.29, 1.82) is 0 Å². The van der Waals surface area contributed by atoms with Gasteiger partial charge in [0.15, 0.2) is 0 Å². The fourth-order valence-corrected chi connectivity index (χ4v) is 5.24. The van der Waals surface area contributed by atoms with Gasteiger partial charge in [-0.3, -0.25) is 4.79 Å². The average molecular weight is 403 g/mol. The largest absolute Gasteiger partial charge is 0.472 e. The van der Waals surface area contributed by atoms with E-state index in [1.807, 2.05) is 0 Å². The van der Waals surface area contributed by atoms with Gasteiger partial charge in [-0.15, -0.1) is 0 Å². The molecule has 0 aliphatic carbocycles. The van der Waals surface area contributed by atoms with Crippen LogP contribution in [0.5, 0.6) is 0 Å². The predicted octanol–water partition coefficient (Wildman–Crippen LogP) is 3.17. The molecule has 0 radical (unpaired) electrons. The first-order chi connectivity index (χ1) is 11.9. The van der Waals surface area contributed by atoms with Gasteiger partial charge in [-0.1, -0.05) is 29.3 Å². The number of nitrogens with one attached hydrogen (secondary N) is 1. The monoisotopic (exact) mass is 402 g/mol. The summed E-state index contributed by atoms with van der Waals surface area (Å²) in [5, 5.41) is 0.153. The quantitative estimate of drug-likeness (QED) is 0.851. The Morgan fingerprint density at radius 1 is 1.16 bits per heavy atom. The molecule has 9 heteroatoms. The Morgan fingerprint density at radius 2 is 1.80 bits per heavy atom.